The molecule has 20 heavy (non-hydrogen) atoms. The van der Waals surface area contributed by atoms with E-state index < -0.39 is 0 Å². The van der Waals surface area contributed by atoms with Gasteiger partial charge in [-0.25, -0.2) is 4.98 Å². The van der Waals surface area contributed by atoms with Crippen molar-refractivity contribution in [1.29, 1.82) is 0 Å². The first kappa shape index (κ1) is 10.2. The Balaban J connectivity index is 2.34. The molecule has 2 heteroatoms. The molecule has 0 spiro atoms. The van der Waals surface area contributed by atoms with Crippen LogP contribution in [0.25, 0.3) is 38.2 Å². The maximum absolute atomic E-state index is 4.64. The molecule has 2 aromatic carbocycles. The Bertz CT molecular complexity index is 1100. The van der Waals surface area contributed by atoms with Crippen LogP contribution in [0.5, 0.6) is 0 Å². The predicted octanol–water partition coefficient (Wildman–Crippen LogP) is 4.54. The van der Waals surface area contributed by atoms with Gasteiger partial charge in [-0.2, -0.15) is 0 Å². The fraction of sp³-hybridized carbons (Fsp3) is 0.0556. The third-order valence-electron chi connectivity index (χ3n) is 4.30. The topological polar surface area (TPSA) is 17.3 Å². The molecule has 3 aromatic heterocycles. The van der Waals surface area contributed by atoms with E-state index in [-0.39, 0.29) is 0 Å². The summed E-state index contributed by atoms with van der Waals surface area (Å²) in [7, 11) is 0. The van der Waals surface area contributed by atoms with Crippen molar-refractivity contribution < 1.29 is 0 Å². The van der Waals surface area contributed by atoms with Crippen LogP contribution in [0.15, 0.2) is 54.7 Å². The Morgan fingerprint density at radius 3 is 2.60 bits per heavy atom. The minimum atomic E-state index is 1.05. The number of rotatable bonds is 0. The molecule has 0 radical (unpaired) electrons. The van der Waals surface area contributed by atoms with E-state index in [0.717, 1.165) is 11.2 Å². The molecular weight excluding hydrogens is 244 g/mol. The highest BCUT2D eigenvalue weighted by molar-refractivity contribution is 6.18. The number of aryl methyl sites for hydroxylation is 1. The van der Waals surface area contributed by atoms with Crippen molar-refractivity contribution in [1.82, 2.24) is 9.38 Å². The number of benzene rings is 2. The molecule has 0 saturated heterocycles. The largest absolute Gasteiger partial charge is 0.292 e. The first-order valence-electron chi connectivity index (χ1n) is 6.84. The Morgan fingerprint density at radius 2 is 1.70 bits per heavy atom. The van der Waals surface area contributed by atoms with Gasteiger partial charge in [0.15, 0.2) is 0 Å². The van der Waals surface area contributed by atoms with Crippen LogP contribution in [0, 0.1) is 6.92 Å². The van der Waals surface area contributed by atoms with Gasteiger partial charge < -0.3 is 0 Å². The first-order chi connectivity index (χ1) is 9.84. The van der Waals surface area contributed by atoms with Crippen molar-refractivity contribution in [2.45, 2.75) is 6.92 Å². The van der Waals surface area contributed by atoms with Gasteiger partial charge in [-0.15, -0.1) is 0 Å². The van der Waals surface area contributed by atoms with E-state index >= 15 is 0 Å². The lowest BCUT2D eigenvalue weighted by Gasteiger charge is -2.13. The monoisotopic (exact) mass is 256 g/mol. The molecule has 0 amide bonds. The fourth-order valence-electron chi connectivity index (χ4n) is 3.40. The van der Waals surface area contributed by atoms with Gasteiger partial charge in [-0.3, -0.25) is 4.40 Å². The maximum atomic E-state index is 4.64. The van der Waals surface area contributed by atoms with Gasteiger partial charge in [-0.05, 0) is 29.3 Å². The van der Waals surface area contributed by atoms with Crippen LogP contribution in [0.4, 0.5) is 0 Å². The number of hydrogen-bond acceptors (Lipinski definition) is 1. The molecule has 5 aromatic rings. The van der Waals surface area contributed by atoms with Gasteiger partial charge in [0.05, 0.1) is 17.2 Å². The molecule has 3 heterocycles. The Kier molecular flexibility index (Phi) is 1.68. The lowest BCUT2D eigenvalue weighted by atomic mass is 9.99. The van der Waals surface area contributed by atoms with Crippen LogP contribution in [-0.2, 0) is 0 Å². The second kappa shape index (κ2) is 3.28. The van der Waals surface area contributed by atoms with Crippen molar-refractivity contribution in [3.63, 3.8) is 0 Å². The molecule has 0 fully saturated rings. The smallest absolute Gasteiger partial charge is 0.145 e. The van der Waals surface area contributed by atoms with Gasteiger partial charge in [-0.1, -0.05) is 42.5 Å². The van der Waals surface area contributed by atoms with E-state index in [1.54, 1.807) is 0 Å². The summed E-state index contributed by atoms with van der Waals surface area (Å²) in [5, 5.41) is 5.13. The quantitative estimate of drug-likeness (QED) is 0.294. The van der Waals surface area contributed by atoms with E-state index in [1.807, 2.05) is 6.20 Å². The molecule has 5 rings (SSSR count). The van der Waals surface area contributed by atoms with Crippen molar-refractivity contribution in [3.8, 4) is 0 Å². The Labute approximate surface area is 115 Å². The summed E-state index contributed by atoms with van der Waals surface area (Å²) >= 11 is 0. The highest BCUT2D eigenvalue weighted by atomic mass is 15.0. The van der Waals surface area contributed by atoms with Crippen molar-refractivity contribution >= 4 is 38.2 Å². The van der Waals surface area contributed by atoms with Crippen LogP contribution >= 0.6 is 0 Å². The van der Waals surface area contributed by atoms with Crippen LogP contribution in [0.1, 0.15) is 5.56 Å². The standard InChI is InChI=1S/C18H12N2/c1-11-6-7-12-8-9-13-10-19-18-15-5-3-2-4-14(15)16(11)17(12)20(13)18/h2-10H,1H3. The zero-order valence-corrected chi connectivity index (χ0v) is 11.1. The molecule has 94 valence electrons. The lowest BCUT2D eigenvalue weighted by molar-refractivity contribution is 1.31. The second-order valence-corrected chi connectivity index (χ2v) is 5.42. The van der Waals surface area contributed by atoms with Gasteiger partial charge in [0.2, 0.25) is 0 Å². The highest BCUT2D eigenvalue weighted by Crippen LogP contribution is 2.35. The SMILES string of the molecule is Cc1ccc2ccc3cnc4c5ccccc5c1c2n34. The predicted molar refractivity (Wildman–Crippen MR) is 83.6 cm³/mol. The molecule has 0 saturated carbocycles. The molecule has 0 bridgehead atoms. The number of nitrogens with zero attached hydrogens (tertiary/aromatic N) is 2. The van der Waals surface area contributed by atoms with Crippen LogP contribution < -0.4 is 0 Å². The van der Waals surface area contributed by atoms with E-state index in [2.05, 4.69) is 64.8 Å². The van der Waals surface area contributed by atoms with Crippen LogP contribution in [0.3, 0.4) is 0 Å². The molecule has 0 unspecified atom stereocenters. The minimum Gasteiger partial charge on any atom is -0.292 e. The molecule has 0 N–H and O–H groups in total. The average molecular weight is 256 g/mol. The number of pyridine rings is 2. The molecular formula is C18H12N2. The number of imidazole rings is 1. The van der Waals surface area contributed by atoms with Crippen LogP contribution in [-0.4, -0.2) is 9.38 Å². The third-order valence-corrected chi connectivity index (χ3v) is 4.30. The van der Waals surface area contributed by atoms with E-state index in [1.165, 1.54) is 32.6 Å². The van der Waals surface area contributed by atoms with Gasteiger partial charge in [0.1, 0.15) is 5.65 Å². The van der Waals surface area contributed by atoms with Gasteiger partial charge in [0.25, 0.3) is 0 Å². The normalized spacial score (nSPS) is 12.2. The fourth-order valence-corrected chi connectivity index (χ4v) is 3.40. The zero-order chi connectivity index (χ0) is 13.3. The number of aromatic nitrogens is 2. The third kappa shape index (κ3) is 1.04. The Hall–Kier alpha value is -2.61. The van der Waals surface area contributed by atoms with Crippen molar-refractivity contribution in [2.24, 2.45) is 0 Å². The summed E-state index contributed by atoms with van der Waals surface area (Å²) in [6, 6.07) is 17.3. The number of fused-ring (bicyclic) bond motifs is 3. The van der Waals surface area contributed by atoms with Gasteiger partial charge >= 0.3 is 0 Å². The summed E-state index contributed by atoms with van der Waals surface area (Å²) in [4.78, 5) is 4.64. The second-order valence-electron chi connectivity index (χ2n) is 5.42. The summed E-state index contributed by atoms with van der Waals surface area (Å²) in [5.74, 6) is 0. The molecule has 0 atom stereocenters. The van der Waals surface area contributed by atoms with Crippen LogP contribution in [0.2, 0.25) is 0 Å². The average Bonchev–Trinajstić information content (AvgIpc) is 2.92. The minimum absolute atomic E-state index is 1.05. The summed E-state index contributed by atoms with van der Waals surface area (Å²) in [6.45, 7) is 2.19. The summed E-state index contributed by atoms with van der Waals surface area (Å²) < 4.78 is 2.29. The van der Waals surface area contributed by atoms with E-state index in [4.69, 9.17) is 0 Å². The summed E-state index contributed by atoms with van der Waals surface area (Å²) in [6.07, 6.45) is 1.96. The first-order valence-corrected chi connectivity index (χ1v) is 6.84. The maximum Gasteiger partial charge on any atom is 0.145 e. The zero-order valence-electron chi connectivity index (χ0n) is 11.1. The Morgan fingerprint density at radius 1 is 0.900 bits per heavy atom. The molecule has 2 nitrogen and oxygen atoms in total. The molecule has 0 aliphatic carbocycles. The van der Waals surface area contributed by atoms with Gasteiger partial charge in [0, 0.05) is 10.8 Å². The van der Waals surface area contributed by atoms with Crippen molar-refractivity contribution in [2.75, 3.05) is 0 Å². The summed E-state index contributed by atoms with van der Waals surface area (Å²) in [5.41, 5.74) is 4.82. The lowest BCUT2D eigenvalue weighted by Crippen LogP contribution is -1.95. The number of hydrogen-bond donors (Lipinski definition) is 0. The van der Waals surface area contributed by atoms with Crippen molar-refractivity contribution in [3.05, 3.63) is 60.3 Å². The molecule has 0 aliphatic heterocycles. The van der Waals surface area contributed by atoms with E-state index in [0.29, 0.717) is 0 Å². The molecule has 0 aliphatic rings. The van der Waals surface area contributed by atoms with E-state index in [9.17, 15) is 0 Å². The highest BCUT2D eigenvalue weighted by Gasteiger charge is 2.14.